The highest BCUT2D eigenvalue weighted by atomic mass is 35.5. The maximum Gasteiger partial charge on any atom is 0.230 e. The smallest absolute Gasteiger partial charge is 0.230 e. The summed E-state index contributed by atoms with van der Waals surface area (Å²) in [6, 6.07) is 6.48. The number of fused-ring (bicyclic) bond motifs is 1. The van der Waals surface area contributed by atoms with Gasteiger partial charge in [-0.15, -0.1) is 0 Å². The zero-order valence-corrected chi connectivity index (χ0v) is 11.1. The lowest BCUT2D eigenvalue weighted by Crippen LogP contribution is -2.10. The summed E-state index contributed by atoms with van der Waals surface area (Å²) in [6.45, 7) is 0. The molecule has 2 aromatic rings. The number of hydrogen-bond acceptors (Lipinski definition) is 3. The summed E-state index contributed by atoms with van der Waals surface area (Å²) in [5.74, 6) is 0.212. The Morgan fingerprint density at radius 2 is 1.76 bits per heavy atom. The van der Waals surface area contributed by atoms with E-state index in [1.54, 1.807) is 18.2 Å². The molecule has 0 spiro atoms. The van der Waals surface area contributed by atoms with Crippen LogP contribution >= 0.6 is 23.2 Å². The van der Waals surface area contributed by atoms with Crippen LogP contribution in [0.15, 0.2) is 24.3 Å². The van der Waals surface area contributed by atoms with Gasteiger partial charge in [0.25, 0.3) is 0 Å². The molecule has 0 saturated heterocycles. The summed E-state index contributed by atoms with van der Waals surface area (Å²) >= 11 is 12.0. The lowest BCUT2D eigenvalue weighted by atomic mass is 10.2. The molecule has 0 aliphatic carbocycles. The van der Waals surface area contributed by atoms with E-state index in [1.165, 1.54) is 6.07 Å². The van der Waals surface area contributed by atoms with Gasteiger partial charge in [-0.3, -0.25) is 4.72 Å². The molecule has 0 atom stereocenters. The molecule has 0 bridgehead atoms. The zero-order valence-electron chi connectivity index (χ0n) is 8.74. The monoisotopic (exact) mass is 290 g/mol. The van der Waals surface area contributed by atoms with Gasteiger partial charge in [0.2, 0.25) is 10.0 Å². The van der Waals surface area contributed by atoms with E-state index in [4.69, 9.17) is 23.2 Å². The first-order valence-electron chi connectivity index (χ1n) is 4.59. The molecular weight excluding hydrogens is 283 g/mol. The Hall–Kier alpha value is -1.04. The van der Waals surface area contributed by atoms with Crippen LogP contribution in [0.25, 0.3) is 10.9 Å². The van der Waals surface area contributed by atoms with E-state index in [0.717, 1.165) is 6.26 Å². The Balaban J connectivity index is 2.62. The number of aromatic nitrogens is 1. The molecule has 0 saturated carbocycles. The van der Waals surface area contributed by atoms with Crippen molar-refractivity contribution >= 4 is 49.9 Å². The van der Waals surface area contributed by atoms with E-state index < -0.39 is 10.0 Å². The number of nitrogens with one attached hydrogen (secondary N) is 1. The van der Waals surface area contributed by atoms with Gasteiger partial charge in [0.15, 0.2) is 0 Å². The number of halogens is 2. The Morgan fingerprint density at radius 3 is 2.41 bits per heavy atom. The Labute approximate surface area is 109 Å². The summed E-state index contributed by atoms with van der Waals surface area (Å²) in [6.07, 6.45) is 1.05. The number of nitrogens with zero attached hydrogens (tertiary/aromatic N) is 1. The highest BCUT2D eigenvalue weighted by Crippen LogP contribution is 2.29. The third kappa shape index (κ3) is 2.80. The van der Waals surface area contributed by atoms with Crippen molar-refractivity contribution < 1.29 is 8.42 Å². The Morgan fingerprint density at radius 1 is 1.12 bits per heavy atom. The second-order valence-corrected chi connectivity index (χ2v) is 6.06. The standard InChI is InChI=1S/C10H8Cl2N2O2S/c1-17(15,16)14-9-5-2-6-7(11)3-4-8(12)10(6)13-9/h2-5H,1H3,(H,13,14). The lowest BCUT2D eigenvalue weighted by Gasteiger charge is -2.06. The molecule has 1 aromatic heterocycles. The largest absolute Gasteiger partial charge is 0.268 e. The summed E-state index contributed by atoms with van der Waals surface area (Å²) in [7, 11) is -3.36. The number of pyridine rings is 1. The molecule has 90 valence electrons. The second-order valence-electron chi connectivity index (χ2n) is 3.50. The first-order chi connectivity index (χ1) is 7.87. The van der Waals surface area contributed by atoms with E-state index in [2.05, 4.69) is 9.71 Å². The molecule has 1 aromatic carbocycles. The third-order valence-electron chi connectivity index (χ3n) is 2.04. The van der Waals surface area contributed by atoms with Gasteiger partial charge in [-0.05, 0) is 24.3 Å². The maximum atomic E-state index is 11.1. The molecule has 4 nitrogen and oxygen atoms in total. The lowest BCUT2D eigenvalue weighted by molar-refractivity contribution is 0.606. The van der Waals surface area contributed by atoms with Crippen molar-refractivity contribution in [2.75, 3.05) is 11.0 Å². The highest BCUT2D eigenvalue weighted by Gasteiger charge is 2.08. The van der Waals surface area contributed by atoms with Crippen molar-refractivity contribution in [2.45, 2.75) is 0 Å². The van der Waals surface area contributed by atoms with E-state index in [-0.39, 0.29) is 5.82 Å². The molecule has 0 radical (unpaired) electrons. The normalized spacial score (nSPS) is 11.7. The zero-order chi connectivity index (χ0) is 12.6. The number of sulfonamides is 1. The number of rotatable bonds is 2. The van der Waals surface area contributed by atoms with Crippen molar-refractivity contribution in [1.82, 2.24) is 4.98 Å². The molecule has 2 rings (SSSR count). The van der Waals surface area contributed by atoms with Crippen LogP contribution in [0.4, 0.5) is 5.82 Å². The molecule has 7 heteroatoms. The van der Waals surface area contributed by atoms with Crippen LogP contribution < -0.4 is 4.72 Å². The average Bonchev–Trinajstić information content (AvgIpc) is 2.21. The van der Waals surface area contributed by atoms with Crippen molar-refractivity contribution in [3.8, 4) is 0 Å². The molecule has 0 aliphatic heterocycles. The molecule has 17 heavy (non-hydrogen) atoms. The first kappa shape index (κ1) is 12.4. The number of benzene rings is 1. The van der Waals surface area contributed by atoms with Gasteiger partial charge >= 0.3 is 0 Å². The Kier molecular flexibility index (Phi) is 3.16. The number of hydrogen-bond donors (Lipinski definition) is 1. The molecule has 0 fully saturated rings. The van der Waals surface area contributed by atoms with Crippen molar-refractivity contribution in [2.24, 2.45) is 0 Å². The van der Waals surface area contributed by atoms with Crippen molar-refractivity contribution in [3.63, 3.8) is 0 Å². The molecule has 1 heterocycles. The van der Waals surface area contributed by atoms with Crippen LogP contribution in [0.1, 0.15) is 0 Å². The SMILES string of the molecule is CS(=O)(=O)Nc1ccc2c(Cl)ccc(Cl)c2n1. The summed E-state index contributed by atoms with van der Waals surface area (Å²) < 4.78 is 24.4. The van der Waals surface area contributed by atoms with Crippen LogP contribution in [0.3, 0.4) is 0 Å². The van der Waals surface area contributed by atoms with Crippen LogP contribution in [0, 0.1) is 0 Å². The second kappa shape index (κ2) is 4.33. The fourth-order valence-corrected chi connectivity index (χ4v) is 2.31. The van der Waals surface area contributed by atoms with Gasteiger partial charge < -0.3 is 0 Å². The predicted octanol–water partition coefficient (Wildman–Crippen LogP) is 2.91. The van der Waals surface area contributed by atoms with E-state index in [9.17, 15) is 8.42 Å². The molecule has 0 aliphatic rings. The quantitative estimate of drug-likeness (QED) is 0.925. The fourth-order valence-electron chi connectivity index (χ4n) is 1.40. The van der Waals surface area contributed by atoms with E-state index >= 15 is 0 Å². The van der Waals surface area contributed by atoms with Crippen LogP contribution in [0.5, 0.6) is 0 Å². The minimum atomic E-state index is -3.36. The molecule has 1 N–H and O–H groups in total. The highest BCUT2D eigenvalue weighted by molar-refractivity contribution is 7.92. The third-order valence-corrected chi connectivity index (χ3v) is 3.26. The first-order valence-corrected chi connectivity index (χ1v) is 7.24. The molecular formula is C10H8Cl2N2O2S. The average molecular weight is 291 g/mol. The molecule has 0 amide bonds. The van der Waals surface area contributed by atoms with Crippen LogP contribution in [-0.2, 0) is 10.0 Å². The van der Waals surface area contributed by atoms with E-state index in [0.29, 0.717) is 20.9 Å². The van der Waals surface area contributed by atoms with Gasteiger partial charge in [-0.25, -0.2) is 13.4 Å². The maximum absolute atomic E-state index is 11.1. The summed E-state index contributed by atoms with van der Waals surface area (Å²) in [5.41, 5.74) is 0.466. The number of anilines is 1. The summed E-state index contributed by atoms with van der Waals surface area (Å²) in [5, 5.41) is 1.61. The van der Waals surface area contributed by atoms with Crippen LogP contribution in [0.2, 0.25) is 10.0 Å². The predicted molar refractivity (Wildman–Crippen MR) is 70.2 cm³/mol. The van der Waals surface area contributed by atoms with Crippen molar-refractivity contribution in [3.05, 3.63) is 34.3 Å². The van der Waals surface area contributed by atoms with Gasteiger partial charge in [-0.2, -0.15) is 0 Å². The molecule has 0 unspecified atom stereocenters. The van der Waals surface area contributed by atoms with Crippen LogP contribution in [-0.4, -0.2) is 19.7 Å². The van der Waals surface area contributed by atoms with Gasteiger partial charge in [0.1, 0.15) is 5.82 Å². The topological polar surface area (TPSA) is 59.1 Å². The minimum absolute atomic E-state index is 0.212. The van der Waals surface area contributed by atoms with Gasteiger partial charge in [0, 0.05) is 5.39 Å². The van der Waals surface area contributed by atoms with Crippen molar-refractivity contribution in [1.29, 1.82) is 0 Å². The van der Waals surface area contributed by atoms with Gasteiger partial charge in [0.05, 0.1) is 21.8 Å². The Bertz CT molecular complexity index is 686. The van der Waals surface area contributed by atoms with Gasteiger partial charge in [-0.1, -0.05) is 23.2 Å². The summed E-state index contributed by atoms with van der Waals surface area (Å²) in [4.78, 5) is 4.11. The fraction of sp³-hybridized carbons (Fsp3) is 0.100. The van der Waals surface area contributed by atoms with E-state index in [1.807, 2.05) is 0 Å². The minimum Gasteiger partial charge on any atom is -0.268 e.